The van der Waals surface area contributed by atoms with Crippen molar-refractivity contribution in [1.29, 1.82) is 0 Å². The van der Waals surface area contributed by atoms with Crippen LogP contribution in [0.2, 0.25) is 0 Å². The molecule has 2 aromatic heterocycles. The molecule has 0 amide bonds. The average Bonchev–Trinajstić information content (AvgIpc) is 2.58. The minimum Gasteiger partial charge on any atom is -0.504 e. The Balaban J connectivity index is 1.87. The van der Waals surface area contributed by atoms with Crippen LogP contribution in [0.25, 0.3) is 11.1 Å². The first-order chi connectivity index (χ1) is 10.8. The first-order valence-electron chi connectivity index (χ1n) is 6.97. The number of rotatable bonds is 4. The Labute approximate surface area is 129 Å². The highest BCUT2D eigenvalue weighted by molar-refractivity contribution is 5.62. The van der Waals surface area contributed by atoms with Gasteiger partial charge < -0.3 is 9.84 Å². The standard InChI is InChI=1S/C18H16N2O2/c1-22-18-11-13(2-3-17(18)21)10-16-12-15(6-9-20-16)14-4-7-19-8-5-14/h2-9,11-12,21H,10H2,1H3. The van der Waals surface area contributed by atoms with E-state index >= 15 is 0 Å². The van der Waals surface area contributed by atoms with E-state index in [-0.39, 0.29) is 5.75 Å². The van der Waals surface area contributed by atoms with Crippen LogP contribution in [-0.4, -0.2) is 22.2 Å². The Bertz CT molecular complexity index is 773. The van der Waals surface area contributed by atoms with E-state index in [2.05, 4.69) is 16.0 Å². The van der Waals surface area contributed by atoms with Crippen molar-refractivity contribution in [3.8, 4) is 22.6 Å². The Morgan fingerprint density at radius 2 is 1.73 bits per heavy atom. The van der Waals surface area contributed by atoms with Crippen molar-refractivity contribution in [2.45, 2.75) is 6.42 Å². The first kappa shape index (κ1) is 14.1. The molecule has 0 saturated carbocycles. The average molecular weight is 292 g/mol. The minimum atomic E-state index is 0.143. The third-order valence-corrected chi connectivity index (χ3v) is 3.46. The molecule has 0 aliphatic rings. The lowest BCUT2D eigenvalue weighted by molar-refractivity contribution is 0.373. The van der Waals surface area contributed by atoms with Gasteiger partial charge in [0.25, 0.3) is 0 Å². The van der Waals surface area contributed by atoms with Crippen LogP contribution < -0.4 is 4.74 Å². The molecule has 2 heterocycles. The summed E-state index contributed by atoms with van der Waals surface area (Å²) in [6.07, 6.45) is 6.04. The molecule has 0 unspecified atom stereocenters. The van der Waals surface area contributed by atoms with Crippen molar-refractivity contribution in [3.63, 3.8) is 0 Å². The van der Waals surface area contributed by atoms with Crippen LogP contribution in [0.3, 0.4) is 0 Å². The minimum absolute atomic E-state index is 0.143. The fraction of sp³-hybridized carbons (Fsp3) is 0.111. The smallest absolute Gasteiger partial charge is 0.160 e. The van der Waals surface area contributed by atoms with E-state index in [1.165, 1.54) is 0 Å². The summed E-state index contributed by atoms with van der Waals surface area (Å²) in [5, 5.41) is 9.65. The molecule has 22 heavy (non-hydrogen) atoms. The maximum absolute atomic E-state index is 9.65. The number of hydrogen-bond donors (Lipinski definition) is 1. The predicted molar refractivity (Wildman–Crippen MR) is 84.9 cm³/mol. The summed E-state index contributed by atoms with van der Waals surface area (Å²) in [5.74, 6) is 0.618. The zero-order valence-electron chi connectivity index (χ0n) is 12.2. The van der Waals surface area contributed by atoms with Crippen LogP contribution in [0.1, 0.15) is 11.3 Å². The Kier molecular flexibility index (Phi) is 4.01. The summed E-state index contributed by atoms with van der Waals surface area (Å²) in [5.41, 5.74) is 4.22. The van der Waals surface area contributed by atoms with Gasteiger partial charge in [0.2, 0.25) is 0 Å². The Morgan fingerprint density at radius 1 is 0.955 bits per heavy atom. The molecular weight excluding hydrogens is 276 g/mol. The highest BCUT2D eigenvalue weighted by Crippen LogP contribution is 2.27. The normalized spacial score (nSPS) is 10.4. The van der Waals surface area contributed by atoms with E-state index in [9.17, 15) is 5.11 Å². The highest BCUT2D eigenvalue weighted by Gasteiger charge is 2.05. The van der Waals surface area contributed by atoms with Gasteiger partial charge in [0.1, 0.15) is 0 Å². The molecule has 3 rings (SSSR count). The zero-order chi connectivity index (χ0) is 15.4. The molecule has 0 aliphatic carbocycles. The van der Waals surface area contributed by atoms with E-state index in [1.807, 2.05) is 36.5 Å². The number of methoxy groups -OCH3 is 1. The summed E-state index contributed by atoms with van der Waals surface area (Å²) >= 11 is 0. The number of aromatic hydroxyl groups is 1. The largest absolute Gasteiger partial charge is 0.504 e. The van der Waals surface area contributed by atoms with E-state index in [1.54, 1.807) is 25.6 Å². The molecule has 4 nitrogen and oxygen atoms in total. The predicted octanol–water partition coefficient (Wildman–Crippen LogP) is 3.45. The summed E-state index contributed by atoms with van der Waals surface area (Å²) in [7, 11) is 1.54. The van der Waals surface area contributed by atoms with Crippen LogP contribution in [0.15, 0.2) is 61.1 Å². The van der Waals surface area contributed by atoms with Gasteiger partial charge in [0.15, 0.2) is 11.5 Å². The van der Waals surface area contributed by atoms with Crippen LogP contribution >= 0.6 is 0 Å². The number of aromatic nitrogens is 2. The summed E-state index contributed by atoms with van der Waals surface area (Å²) in [6.45, 7) is 0. The molecule has 4 heteroatoms. The molecule has 110 valence electrons. The van der Waals surface area contributed by atoms with Crippen LogP contribution in [0.4, 0.5) is 0 Å². The second-order valence-corrected chi connectivity index (χ2v) is 4.95. The fourth-order valence-electron chi connectivity index (χ4n) is 2.34. The van der Waals surface area contributed by atoms with Crippen LogP contribution in [-0.2, 0) is 6.42 Å². The van der Waals surface area contributed by atoms with Gasteiger partial charge in [0.05, 0.1) is 7.11 Å². The van der Waals surface area contributed by atoms with Gasteiger partial charge in [-0.25, -0.2) is 0 Å². The van der Waals surface area contributed by atoms with Gasteiger partial charge in [-0.15, -0.1) is 0 Å². The monoisotopic (exact) mass is 292 g/mol. The van der Waals surface area contributed by atoms with Gasteiger partial charge in [-0.1, -0.05) is 6.07 Å². The molecule has 0 aliphatic heterocycles. The zero-order valence-corrected chi connectivity index (χ0v) is 12.2. The van der Waals surface area contributed by atoms with Crippen molar-refractivity contribution in [2.75, 3.05) is 7.11 Å². The lowest BCUT2D eigenvalue weighted by atomic mass is 10.0. The molecule has 0 fully saturated rings. The molecule has 3 aromatic rings. The molecule has 0 bridgehead atoms. The van der Waals surface area contributed by atoms with E-state index < -0.39 is 0 Å². The Hall–Kier alpha value is -2.88. The van der Waals surface area contributed by atoms with Crippen molar-refractivity contribution in [3.05, 3.63) is 72.3 Å². The SMILES string of the molecule is COc1cc(Cc2cc(-c3ccncc3)ccn2)ccc1O. The number of hydrogen-bond acceptors (Lipinski definition) is 4. The maximum Gasteiger partial charge on any atom is 0.160 e. The van der Waals surface area contributed by atoms with Gasteiger partial charge in [-0.05, 0) is 53.1 Å². The van der Waals surface area contributed by atoms with Gasteiger partial charge >= 0.3 is 0 Å². The molecule has 0 radical (unpaired) electrons. The Morgan fingerprint density at radius 3 is 2.50 bits per heavy atom. The number of ether oxygens (including phenoxy) is 1. The summed E-state index contributed by atoms with van der Waals surface area (Å²) < 4.78 is 5.14. The highest BCUT2D eigenvalue weighted by atomic mass is 16.5. The fourth-order valence-corrected chi connectivity index (χ4v) is 2.34. The second-order valence-electron chi connectivity index (χ2n) is 4.95. The van der Waals surface area contributed by atoms with Gasteiger partial charge in [-0.2, -0.15) is 0 Å². The van der Waals surface area contributed by atoms with E-state index in [4.69, 9.17) is 4.74 Å². The first-order valence-corrected chi connectivity index (χ1v) is 6.97. The lowest BCUT2D eigenvalue weighted by Crippen LogP contribution is -1.94. The van der Waals surface area contributed by atoms with Crippen LogP contribution in [0.5, 0.6) is 11.5 Å². The van der Waals surface area contributed by atoms with Gasteiger partial charge in [0, 0.05) is 30.7 Å². The number of phenols is 1. The quantitative estimate of drug-likeness (QED) is 0.800. The van der Waals surface area contributed by atoms with Crippen molar-refractivity contribution >= 4 is 0 Å². The van der Waals surface area contributed by atoms with Crippen LogP contribution in [0, 0.1) is 0 Å². The molecule has 1 N–H and O–H groups in total. The van der Waals surface area contributed by atoms with Crippen molar-refractivity contribution in [1.82, 2.24) is 9.97 Å². The lowest BCUT2D eigenvalue weighted by Gasteiger charge is -2.08. The number of nitrogens with zero attached hydrogens (tertiary/aromatic N) is 2. The van der Waals surface area contributed by atoms with Crippen molar-refractivity contribution in [2.24, 2.45) is 0 Å². The molecule has 1 aromatic carbocycles. The molecule has 0 spiro atoms. The number of benzene rings is 1. The summed E-state index contributed by atoms with van der Waals surface area (Å²) in [4.78, 5) is 8.45. The number of pyridine rings is 2. The van der Waals surface area contributed by atoms with Gasteiger partial charge in [-0.3, -0.25) is 9.97 Å². The molecule has 0 atom stereocenters. The molecular formula is C18H16N2O2. The molecule has 0 saturated heterocycles. The number of phenolic OH excluding ortho intramolecular Hbond substituents is 1. The topological polar surface area (TPSA) is 55.2 Å². The van der Waals surface area contributed by atoms with Crippen molar-refractivity contribution < 1.29 is 9.84 Å². The van der Waals surface area contributed by atoms with E-state index in [0.717, 1.165) is 22.4 Å². The second kappa shape index (κ2) is 6.26. The summed E-state index contributed by atoms with van der Waals surface area (Å²) in [6, 6.07) is 13.3. The third-order valence-electron chi connectivity index (χ3n) is 3.46. The third kappa shape index (κ3) is 3.06. The van der Waals surface area contributed by atoms with E-state index in [0.29, 0.717) is 12.2 Å². The maximum atomic E-state index is 9.65.